The van der Waals surface area contributed by atoms with Gasteiger partial charge < -0.3 is 5.32 Å². The second kappa shape index (κ2) is 10.2. The molecule has 0 aromatic heterocycles. The molecule has 3 heteroatoms. The minimum absolute atomic E-state index is 0.00301. The molecule has 2 fully saturated rings. The van der Waals surface area contributed by atoms with E-state index in [4.69, 9.17) is 4.99 Å². The molecule has 0 spiro atoms. The van der Waals surface area contributed by atoms with Crippen LogP contribution in [0.5, 0.6) is 0 Å². The molecule has 0 saturated heterocycles. The van der Waals surface area contributed by atoms with E-state index in [-0.39, 0.29) is 13.5 Å². The molecule has 3 aliphatic rings. The molecular weight excluding hydrogens is 347 g/mol. The molecule has 27 heavy (non-hydrogen) atoms. The van der Waals surface area contributed by atoms with Crippen molar-refractivity contribution in [3.05, 3.63) is 23.8 Å². The van der Waals surface area contributed by atoms with E-state index in [2.05, 4.69) is 44.3 Å². The Labute approximate surface area is 169 Å². The summed E-state index contributed by atoms with van der Waals surface area (Å²) in [5.41, 5.74) is 4.66. The Hall–Kier alpha value is -0.620. The summed E-state index contributed by atoms with van der Waals surface area (Å²) in [5, 5.41) is 3.90. The van der Waals surface area contributed by atoms with E-state index in [1.54, 1.807) is 0 Å². The van der Waals surface area contributed by atoms with Crippen LogP contribution in [0.25, 0.3) is 0 Å². The molecule has 2 saturated carbocycles. The highest BCUT2D eigenvalue weighted by Crippen LogP contribution is 2.56. The van der Waals surface area contributed by atoms with Crippen LogP contribution < -0.4 is 5.32 Å². The lowest BCUT2D eigenvalue weighted by Gasteiger charge is -2.40. The summed E-state index contributed by atoms with van der Waals surface area (Å²) in [4.78, 5) is 5.33. The molecule has 0 bridgehead atoms. The van der Waals surface area contributed by atoms with Gasteiger partial charge in [0.05, 0.1) is 5.54 Å². The third kappa shape index (κ3) is 6.74. The van der Waals surface area contributed by atoms with Crippen molar-refractivity contribution >= 4 is 13.5 Å². The highest BCUT2D eigenvalue weighted by Gasteiger charge is 2.35. The van der Waals surface area contributed by atoms with Crippen LogP contribution in [-0.4, -0.2) is 29.0 Å². The molecule has 2 nitrogen and oxygen atoms in total. The fourth-order valence-corrected chi connectivity index (χ4v) is 8.66. The first-order valence-corrected chi connectivity index (χ1v) is 13.0. The van der Waals surface area contributed by atoms with Crippen molar-refractivity contribution in [3.8, 4) is 0 Å². The molecule has 0 amide bonds. The summed E-state index contributed by atoms with van der Waals surface area (Å²) in [7, 11) is -0.164. The zero-order valence-electron chi connectivity index (χ0n) is 18.0. The summed E-state index contributed by atoms with van der Waals surface area (Å²) in [5.74, 6) is 0. The summed E-state index contributed by atoms with van der Waals surface area (Å²) >= 11 is 0. The Morgan fingerprint density at radius 2 is 1.56 bits per heavy atom. The second-order valence-electron chi connectivity index (χ2n) is 9.71. The van der Waals surface area contributed by atoms with E-state index in [0.29, 0.717) is 0 Å². The molecule has 3 rings (SSSR count). The van der Waals surface area contributed by atoms with E-state index in [1.807, 2.05) is 0 Å². The van der Waals surface area contributed by atoms with E-state index < -0.39 is 0 Å². The maximum Gasteiger partial charge on any atom is 0.121 e. The average molecular weight is 389 g/mol. The van der Waals surface area contributed by atoms with Crippen LogP contribution in [0.3, 0.4) is 0 Å². The van der Waals surface area contributed by atoms with Crippen LogP contribution in [0.1, 0.15) is 97.8 Å². The SMILES string of the molecule is CC(C)(C)/N=C(/NCC1=CCCC=C1)P(C1CCCCC1)C1CCCCC1. The van der Waals surface area contributed by atoms with Crippen molar-refractivity contribution in [2.75, 3.05) is 6.54 Å². The number of aliphatic imine (C=N–C) groups is 1. The molecule has 0 aliphatic heterocycles. The van der Waals surface area contributed by atoms with E-state index in [0.717, 1.165) is 17.9 Å². The number of nitrogens with one attached hydrogen (secondary N) is 1. The lowest BCUT2D eigenvalue weighted by atomic mass is 9.99. The molecule has 1 N–H and O–H groups in total. The summed E-state index contributed by atoms with van der Waals surface area (Å²) in [6.07, 6.45) is 23.8. The van der Waals surface area contributed by atoms with Gasteiger partial charge in [0.25, 0.3) is 0 Å². The molecular formula is C24H41N2P. The van der Waals surface area contributed by atoms with Gasteiger partial charge >= 0.3 is 0 Å². The van der Waals surface area contributed by atoms with Gasteiger partial charge in [-0.2, -0.15) is 0 Å². The predicted molar refractivity (Wildman–Crippen MR) is 122 cm³/mol. The number of hydrogen-bond acceptors (Lipinski definition) is 1. The highest BCUT2D eigenvalue weighted by molar-refractivity contribution is 7.76. The number of amidine groups is 1. The minimum atomic E-state index is -0.164. The number of allylic oxidation sites excluding steroid dienone is 2. The fraction of sp³-hybridized carbons (Fsp3) is 0.792. The molecule has 0 heterocycles. The molecule has 3 aliphatic carbocycles. The smallest absolute Gasteiger partial charge is 0.121 e. The Bertz CT molecular complexity index is 525. The fourth-order valence-electron chi connectivity index (χ4n) is 4.85. The van der Waals surface area contributed by atoms with Crippen molar-refractivity contribution in [1.29, 1.82) is 0 Å². The maximum absolute atomic E-state index is 5.33. The summed E-state index contributed by atoms with van der Waals surface area (Å²) in [6, 6.07) is 0. The standard InChI is InChI=1S/C24H41N2P/c1-24(2,3)26-23(25-19-20-13-7-4-8-14-20)27(21-15-9-5-10-16-21)22-17-11-6-12-18-22/h7,13-14,21-22H,4-6,8-12,15-19H2,1-3H3,(H,25,26). The van der Waals surface area contributed by atoms with Gasteiger partial charge in [-0.05, 0) is 84.1 Å². The lowest BCUT2D eigenvalue weighted by molar-refractivity contribution is 0.486. The summed E-state index contributed by atoms with van der Waals surface area (Å²) in [6.45, 7) is 7.76. The van der Waals surface area contributed by atoms with Crippen LogP contribution in [0, 0.1) is 0 Å². The topological polar surface area (TPSA) is 24.4 Å². The van der Waals surface area contributed by atoms with Gasteiger partial charge in [0.2, 0.25) is 0 Å². The number of rotatable bonds is 5. The first-order valence-electron chi connectivity index (χ1n) is 11.5. The van der Waals surface area contributed by atoms with Gasteiger partial charge in [-0.1, -0.05) is 56.8 Å². The third-order valence-corrected chi connectivity index (χ3v) is 9.50. The molecule has 0 atom stereocenters. The monoisotopic (exact) mass is 388 g/mol. The van der Waals surface area contributed by atoms with Gasteiger partial charge in [0.15, 0.2) is 0 Å². The van der Waals surface area contributed by atoms with Crippen LogP contribution in [-0.2, 0) is 0 Å². The Kier molecular flexibility index (Phi) is 8.00. The lowest BCUT2D eigenvalue weighted by Crippen LogP contribution is -2.34. The third-order valence-electron chi connectivity index (χ3n) is 6.14. The van der Waals surface area contributed by atoms with Crippen molar-refractivity contribution in [1.82, 2.24) is 5.32 Å². The number of nitrogens with zero attached hydrogens (tertiary/aromatic N) is 1. The van der Waals surface area contributed by atoms with Gasteiger partial charge in [-0.15, -0.1) is 0 Å². The van der Waals surface area contributed by atoms with E-state index in [1.165, 1.54) is 88.2 Å². The van der Waals surface area contributed by atoms with Crippen LogP contribution >= 0.6 is 7.92 Å². The van der Waals surface area contributed by atoms with Crippen LogP contribution in [0.15, 0.2) is 28.8 Å². The van der Waals surface area contributed by atoms with E-state index >= 15 is 0 Å². The van der Waals surface area contributed by atoms with Crippen molar-refractivity contribution in [2.24, 2.45) is 4.99 Å². The van der Waals surface area contributed by atoms with E-state index in [9.17, 15) is 0 Å². The van der Waals surface area contributed by atoms with Gasteiger partial charge in [-0.25, -0.2) is 0 Å². The van der Waals surface area contributed by atoms with Crippen LogP contribution in [0.2, 0.25) is 0 Å². The Morgan fingerprint density at radius 1 is 0.963 bits per heavy atom. The van der Waals surface area contributed by atoms with Crippen molar-refractivity contribution < 1.29 is 0 Å². The van der Waals surface area contributed by atoms with Gasteiger partial charge in [0, 0.05) is 6.54 Å². The van der Waals surface area contributed by atoms with Crippen LogP contribution in [0.4, 0.5) is 0 Å². The highest BCUT2D eigenvalue weighted by atomic mass is 31.1. The Balaban J connectivity index is 1.82. The zero-order valence-corrected chi connectivity index (χ0v) is 18.9. The molecule has 0 unspecified atom stereocenters. The molecule has 152 valence electrons. The normalized spacial score (nSPS) is 23.6. The van der Waals surface area contributed by atoms with Crippen molar-refractivity contribution in [3.63, 3.8) is 0 Å². The first-order chi connectivity index (χ1) is 13.0. The zero-order chi connectivity index (χ0) is 19.1. The van der Waals surface area contributed by atoms with Gasteiger partial charge in [-0.3, -0.25) is 4.99 Å². The molecule has 0 radical (unpaired) electrons. The van der Waals surface area contributed by atoms with Gasteiger partial charge in [0.1, 0.15) is 5.58 Å². The number of hydrogen-bond donors (Lipinski definition) is 1. The predicted octanol–water partition coefficient (Wildman–Crippen LogP) is 7.15. The molecule has 0 aromatic carbocycles. The quantitative estimate of drug-likeness (QED) is 0.302. The average Bonchev–Trinajstić information content (AvgIpc) is 2.68. The van der Waals surface area contributed by atoms with Crippen molar-refractivity contribution in [2.45, 2.75) is 115 Å². The maximum atomic E-state index is 5.33. The largest absolute Gasteiger partial charge is 0.366 e. The molecule has 0 aromatic rings. The Morgan fingerprint density at radius 3 is 2.04 bits per heavy atom. The minimum Gasteiger partial charge on any atom is -0.366 e. The second-order valence-corrected chi connectivity index (χ2v) is 12.4. The first kappa shape index (κ1) is 21.1. The summed E-state index contributed by atoms with van der Waals surface area (Å²) < 4.78 is 0.